The zero-order valence-corrected chi connectivity index (χ0v) is 10.3. The summed E-state index contributed by atoms with van der Waals surface area (Å²) < 4.78 is 0. The van der Waals surface area contributed by atoms with Crippen molar-refractivity contribution in [3.8, 4) is 0 Å². The molecule has 88 valence electrons. The lowest BCUT2D eigenvalue weighted by molar-refractivity contribution is 0.208. The van der Waals surface area contributed by atoms with Gasteiger partial charge in [-0.1, -0.05) is 0 Å². The van der Waals surface area contributed by atoms with Gasteiger partial charge in [0.1, 0.15) is 0 Å². The van der Waals surface area contributed by atoms with Crippen LogP contribution in [0.15, 0.2) is 0 Å². The Morgan fingerprint density at radius 3 is 2.73 bits per heavy atom. The lowest BCUT2D eigenvalue weighted by Gasteiger charge is -2.32. The molecular formula is C12H25N3. The molecule has 1 unspecified atom stereocenters. The fraction of sp³-hybridized carbons (Fsp3) is 1.00. The lowest BCUT2D eigenvalue weighted by Crippen LogP contribution is -2.48. The lowest BCUT2D eigenvalue weighted by atomic mass is 9.99. The molecule has 3 heteroatoms. The molecule has 0 aromatic heterocycles. The molecule has 0 saturated carbocycles. The van der Waals surface area contributed by atoms with Gasteiger partial charge >= 0.3 is 0 Å². The zero-order chi connectivity index (χ0) is 10.7. The highest BCUT2D eigenvalue weighted by atomic mass is 15.2. The van der Waals surface area contributed by atoms with Crippen molar-refractivity contribution >= 4 is 0 Å². The van der Waals surface area contributed by atoms with Crippen LogP contribution in [-0.4, -0.2) is 61.7 Å². The van der Waals surface area contributed by atoms with Crippen molar-refractivity contribution < 1.29 is 0 Å². The topological polar surface area (TPSA) is 18.5 Å². The van der Waals surface area contributed by atoms with Crippen molar-refractivity contribution in [1.29, 1.82) is 0 Å². The SMILES string of the molecule is CN1CCCN(CC2(C)CCCN2)CC1. The van der Waals surface area contributed by atoms with Gasteiger partial charge in [0.15, 0.2) is 0 Å². The number of likely N-dealkylation sites (N-methyl/N-ethyl adjacent to an activating group) is 1. The van der Waals surface area contributed by atoms with Crippen molar-refractivity contribution in [2.45, 2.75) is 31.7 Å². The number of nitrogens with zero attached hydrogens (tertiary/aromatic N) is 2. The third kappa shape index (κ3) is 3.16. The van der Waals surface area contributed by atoms with Gasteiger partial charge < -0.3 is 15.1 Å². The molecule has 1 N–H and O–H groups in total. The van der Waals surface area contributed by atoms with Gasteiger partial charge in [0.2, 0.25) is 0 Å². The third-order valence-corrected chi connectivity index (χ3v) is 3.84. The van der Waals surface area contributed by atoms with Gasteiger partial charge in [0, 0.05) is 25.2 Å². The second-order valence-corrected chi connectivity index (χ2v) is 5.52. The van der Waals surface area contributed by atoms with E-state index in [0.717, 1.165) is 0 Å². The highest BCUT2D eigenvalue weighted by Gasteiger charge is 2.30. The summed E-state index contributed by atoms with van der Waals surface area (Å²) in [5, 5.41) is 3.66. The maximum atomic E-state index is 3.66. The number of nitrogens with one attached hydrogen (secondary N) is 1. The molecule has 0 aromatic carbocycles. The van der Waals surface area contributed by atoms with E-state index in [1.54, 1.807) is 0 Å². The van der Waals surface area contributed by atoms with Gasteiger partial charge in [0.25, 0.3) is 0 Å². The molecule has 2 fully saturated rings. The van der Waals surface area contributed by atoms with Crippen molar-refractivity contribution in [3.63, 3.8) is 0 Å². The molecule has 2 heterocycles. The minimum Gasteiger partial charge on any atom is -0.310 e. The summed E-state index contributed by atoms with van der Waals surface area (Å²) in [6.45, 7) is 9.85. The normalized spacial score (nSPS) is 35.6. The summed E-state index contributed by atoms with van der Waals surface area (Å²) in [6.07, 6.45) is 4.02. The van der Waals surface area contributed by atoms with Crippen LogP contribution in [0.25, 0.3) is 0 Å². The van der Waals surface area contributed by atoms with Crippen molar-refractivity contribution in [1.82, 2.24) is 15.1 Å². The molecular weight excluding hydrogens is 186 g/mol. The zero-order valence-electron chi connectivity index (χ0n) is 10.3. The van der Waals surface area contributed by atoms with Crippen molar-refractivity contribution in [3.05, 3.63) is 0 Å². The average Bonchev–Trinajstić information content (AvgIpc) is 2.51. The highest BCUT2D eigenvalue weighted by molar-refractivity contribution is 4.91. The van der Waals surface area contributed by atoms with E-state index in [4.69, 9.17) is 0 Å². The van der Waals surface area contributed by atoms with E-state index >= 15 is 0 Å². The van der Waals surface area contributed by atoms with E-state index in [0.29, 0.717) is 5.54 Å². The van der Waals surface area contributed by atoms with Crippen LogP contribution in [0.3, 0.4) is 0 Å². The summed E-state index contributed by atoms with van der Waals surface area (Å²) >= 11 is 0. The monoisotopic (exact) mass is 211 g/mol. The standard InChI is InChI=1S/C12H25N3/c1-12(5-3-6-13-12)11-15-8-4-7-14(2)9-10-15/h13H,3-11H2,1-2H3. The fourth-order valence-electron chi connectivity index (χ4n) is 2.84. The molecule has 0 radical (unpaired) electrons. The largest absolute Gasteiger partial charge is 0.310 e. The smallest absolute Gasteiger partial charge is 0.0280 e. The minimum absolute atomic E-state index is 0.392. The first-order valence-electron chi connectivity index (χ1n) is 6.34. The summed E-state index contributed by atoms with van der Waals surface area (Å²) in [4.78, 5) is 5.09. The average molecular weight is 211 g/mol. The summed E-state index contributed by atoms with van der Waals surface area (Å²) in [6, 6.07) is 0. The fourth-order valence-corrected chi connectivity index (χ4v) is 2.84. The van der Waals surface area contributed by atoms with Gasteiger partial charge in [-0.05, 0) is 52.9 Å². The van der Waals surface area contributed by atoms with Gasteiger partial charge in [0.05, 0.1) is 0 Å². The van der Waals surface area contributed by atoms with Crippen LogP contribution in [0, 0.1) is 0 Å². The Labute approximate surface area is 93.8 Å². The molecule has 1 atom stereocenters. The Morgan fingerprint density at radius 1 is 1.13 bits per heavy atom. The van der Waals surface area contributed by atoms with Crippen LogP contribution in [0.2, 0.25) is 0 Å². The van der Waals surface area contributed by atoms with Gasteiger partial charge in [-0.15, -0.1) is 0 Å². The molecule has 0 aliphatic carbocycles. The summed E-state index contributed by atoms with van der Waals surface area (Å²) in [5.41, 5.74) is 0.392. The van der Waals surface area contributed by atoms with Gasteiger partial charge in [-0.3, -0.25) is 0 Å². The summed E-state index contributed by atoms with van der Waals surface area (Å²) in [7, 11) is 2.24. The Morgan fingerprint density at radius 2 is 2.00 bits per heavy atom. The maximum absolute atomic E-state index is 3.66. The molecule has 3 nitrogen and oxygen atoms in total. The summed E-state index contributed by atoms with van der Waals surface area (Å²) in [5.74, 6) is 0. The number of rotatable bonds is 2. The predicted octanol–water partition coefficient (Wildman–Crippen LogP) is 0.766. The molecule has 0 amide bonds. The highest BCUT2D eigenvalue weighted by Crippen LogP contribution is 2.20. The Bertz CT molecular complexity index is 199. The number of hydrogen-bond acceptors (Lipinski definition) is 3. The van der Waals surface area contributed by atoms with Gasteiger partial charge in [-0.2, -0.15) is 0 Å². The van der Waals surface area contributed by atoms with E-state index < -0.39 is 0 Å². The van der Waals surface area contributed by atoms with Crippen LogP contribution in [0.1, 0.15) is 26.2 Å². The van der Waals surface area contributed by atoms with Crippen LogP contribution < -0.4 is 5.32 Å². The van der Waals surface area contributed by atoms with Crippen molar-refractivity contribution in [2.75, 3.05) is 46.3 Å². The molecule has 2 aliphatic rings. The van der Waals surface area contributed by atoms with E-state index in [9.17, 15) is 0 Å². The Kier molecular flexibility index (Phi) is 3.65. The maximum Gasteiger partial charge on any atom is 0.0280 e. The predicted molar refractivity (Wildman–Crippen MR) is 64.2 cm³/mol. The van der Waals surface area contributed by atoms with E-state index in [-0.39, 0.29) is 0 Å². The molecule has 0 aromatic rings. The second-order valence-electron chi connectivity index (χ2n) is 5.52. The van der Waals surface area contributed by atoms with Crippen LogP contribution in [-0.2, 0) is 0 Å². The molecule has 2 saturated heterocycles. The third-order valence-electron chi connectivity index (χ3n) is 3.84. The van der Waals surface area contributed by atoms with E-state index in [1.165, 1.54) is 58.5 Å². The molecule has 2 aliphatic heterocycles. The Hall–Kier alpha value is -0.120. The van der Waals surface area contributed by atoms with Gasteiger partial charge in [-0.25, -0.2) is 0 Å². The van der Waals surface area contributed by atoms with Crippen LogP contribution in [0.5, 0.6) is 0 Å². The number of hydrogen-bond donors (Lipinski definition) is 1. The first kappa shape index (κ1) is 11.4. The molecule has 15 heavy (non-hydrogen) atoms. The quantitative estimate of drug-likeness (QED) is 0.728. The molecule has 0 bridgehead atoms. The minimum atomic E-state index is 0.392. The van der Waals surface area contributed by atoms with Crippen molar-refractivity contribution in [2.24, 2.45) is 0 Å². The Balaban J connectivity index is 1.82. The first-order valence-corrected chi connectivity index (χ1v) is 6.34. The molecule has 0 spiro atoms. The van der Waals surface area contributed by atoms with Crippen LogP contribution >= 0.6 is 0 Å². The first-order chi connectivity index (χ1) is 7.18. The molecule has 2 rings (SSSR count). The van der Waals surface area contributed by atoms with Crippen LogP contribution in [0.4, 0.5) is 0 Å². The second kappa shape index (κ2) is 4.81. The van der Waals surface area contributed by atoms with E-state index in [1.807, 2.05) is 0 Å². The van der Waals surface area contributed by atoms with E-state index in [2.05, 4.69) is 29.1 Å².